The zero-order valence-electron chi connectivity index (χ0n) is 10.0. The standard InChI is InChI=1S/C12H17FN2O2/c1-9(16)15-6-5-14-8-10-3-4-12(17-2)11(13)7-10/h3-4,7,14H,5-6,8H2,1-2H3,(H,15,16). The van der Waals surface area contributed by atoms with Gasteiger partial charge in [-0.05, 0) is 17.7 Å². The maximum Gasteiger partial charge on any atom is 0.216 e. The van der Waals surface area contributed by atoms with Crippen LogP contribution in [0.1, 0.15) is 12.5 Å². The molecule has 0 aromatic heterocycles. The Hall–Kier alpha value is -1.62. The Morgan fingerprint density at radius 2 is 2.18 bits per heavy atom. The van der Waals surface area contributed by atoms with Crippen LogP contribution in [0.25, 0.3) is 0 Å². The van der Waals surface area contributed by atoms with Gasteiger partial charge in [-0.25, -0.2) is 4.39 Å². The molecule has 0 spiro atoms. The summed E-state index contributed by atoms with van der Waals surface area (Å²) >= 11 is 0. The Labute approximate surface area is 100 Å². The summed E-state index contributed by atoms with van der Waals surface area (Å²) in [5.74, 6) is -0.178. The zero-order chi connectivity index (χ0) is 12.7. The molecule has 0 saturated heterocycles. The highest BCUT2D eigenvalue weighted by atomic mass is 19.1. The van der Waals surface area contributed by atoms with E-state index in [0.717, 1.165) is 5.56 Å². The van der Waals surface area contributed by atoms with Gasteiger partial charge in [0.1, 0.15) is 0 Å². The number of halogens is 1. The first kappa shape index (κ1) is 13.4. The number of carbonyl (C=O) groups is 1. The Balaban J connectivity index is 2.32. The van der Waals surface area contributed by atoms with Crippen molar-refractivity contribution in [1.29, 1.82) is 0 Å². The van der Waals surface area contributed by atoms with Crippen LogP contribution in [0.2, 0.25) is 0 Å². The van der Waals surface area contributed by atoms with Crippen molar-refractivity contribution in [3.05, 3.63) is 29.6 Å². The smallest absolute Gasteiger partial charge is 0.216 e. The molecule has 0 atom stereocenters. The van der Waals surface area contributed by atoms with E-state index in [2.05, 4.69) is 10.6 Å². The van der Waals surface area contributed by atoms with E-state index in [1.54, 1.807) is 12.1 Å². The molecule has 2 N–H and O–H groups in total. The number of ether oxygens (including phenoxy) is 1. The fourth-order valence-corrected chi connectivity index (χ4v) is 1.38. The minimum Gasteiger partial charge on any atom is -0.494 e. The Morgan fingerprint density at radius 1 is 1.41 bits per heavy atom. The van der Waals surface area contributed by atoms with Gasteiger partial charge in [0.2, 0.25) is 5.91 Å². The SMILES string of the molecule is COc1ccc(CNCCNC(C)=O)cc1F. The van der Waals surface area contributed by atoms with Crippen molar-refractivity contribution in [1.82, 2.24) is 10.6 Å². The zero-order valence-corrected chi connectivity index (χ0v) is 10.0. The van der Waals surface area contributed by atoms with Crippen molar-refractivity contribution < 1.29 is 13.9 Å². The van der Waals surface area contributed by atoms with E-state index in [9.17, 15) is 9.18 Å². The highest BCUT2D eigenvalue weighted by Gasteiger charge is 2.02. The average Bonchev–Trinajstić information content (AvgIpc) is 2.28. The number of nitrogens with one attached hydrogen (secondary N) is 2. The summed E-state index contributed by atoms with van der Waals surface area (Å²) in [6, 6.07) is 4.83. The molecule has 0 saturated carbocycles. The summed E-state index contributed by atoms with van der Waals surface area (Å²) < 4.78 is 18.1. The van der Waals surface area contributed by atoms with Crippen LogP contribution in [0.3, 0.4) is 0 Å². The lowest BCUT2D eigenvalue weighted by molar-refractivity contribution is -0.118. The molecule has 0 aliphatic heterocycles. The molecule has 94 valence electrons. The molecular formula is C12H17FN2O2. The Bertz CT molecular complexity index is 383. The summed E-state index contributed by atoms with van der Waals surface area (Å²) in [7, 11) is 1.43. The lowest BCUT2D eigenvalue weighted by atomic mass is 10.2. The number of rotatable bonds is 6. The lowest BCUT2D eigenvalue weighted by Crippen LogP contribution is -2.29. The van der Waals surface area contributed by atoms with Gasteiger partial charge in [-0.15, -0.1) is 0 Å². The second kappa shape index (κ2) is 6.85. The van der Waals surface area contributed by atoms with Crippen molar-refractivity contribution in [2.45, 2.75) is 13.5 Å². The molecule has 0 aliphatic rings. The second-order valence-corrected chi connectivity index (χ2v) is 3.63. The minimum atomic E-state index is -0.367. The molecule has 17 heavy (non-hydrogen) atoms. The predicted octanol–water partition coefficient (Wildman–Crippen LogP) is 1.06. The lowest BCUT2D eigenvalue weighted by Gasteiger charge is -2.07. The molecule has 0 aliphatic carbocycles. The van der Waals surface area contributed by atoms with Crippen LogP contribution in [0.4, 0.5) is 4.39 Å². The maximum absolute atomic E-state index is 13.3. The van der Waals surface area contributed by atoms with Crippen molar-refractivity contribution in [3.63, 3.8) is 0 Å². The van der Waals surface area contributed by atoms with Crippen molar-refractivity contribution in [2.75, 3.05) is 20.2 Å². The minimum absolute atomic E-state index is 0.0534. The van der Waals surface area contributed by atoms with Crippen molar-refractivity contribution >= 4 is 5.91 Å². The number of benzene rings is 1. The largest absolute Gasteiger partial charge is 0.494 e. The molecule has 0 fully saturated rings. The van der Waals surface area contributed by atoms with Gasteiger partial charge in [-0.1, -0.05) is 6.07 Å². The van der Waals surface area contributed by atoms with Gasteiger partial charge < -0.3 is 15.4 Å². The van der Waals surface area contributed by atoms with E-state index in [-0.39, 0.29) is 17.5 Å². The highest BCUT2D eigenvalue weighted by Crippen LogP contribution is 2.17. The summed E-state index contributed by atoms with van der Waals surface area (Å²) in [4.78, 5) is 10.6. The van der Waals surface area contributed by atoms with Gasteiger partial charge >= 0.3 is 0 Å². The van der Waals surface area contributed by atoms with Crippen LogP contribution >= 0.6 is 0 Å². The Morgan fingerprint density at radius 3 is 2.76 bits per heavy atom. The van der Waals surface area contributed by atoms with E-state index in [1.165, 1.54) is 20.1 Å². The topological polar surface area (TPSA) is 50.4 Å². The molecular weight excluding hydrogens is 223 g/mol. The number of hydrogen-bond donors (Lipinski definition) is 2. The second-order valence-electron chi connectivity index (χ2n) is 3.63. The molecule has 0 bridgehead atoms. The van der Waals surface area contributed by atoms with Crippen LogP contribution in [-0.2, 0) is 11.3 Å². The molecule has 1 rings (SSSR count). The molecule has 0 heterocycles. The summed E-state index contributed by atoms with van der Waals surface area (Å²) in [6.45, 7) is 3.24. The molecule has 1 amide bonds. The summed E-state index contributed by atoms with van der Waals surface area (Å²) in [5, 5.41) is 5.77. The fraction of sp³-hybridized carbons (Fsp3) is 0.417. The van der Waals surface area contributed by atoms with Crippen molar-refractivity contribution in [2.24, 2.45) is 0 Å². The van der Waals surface area contributed by atoms with Gasteiger partial charge in [0, 0.05) is 26.6 Å². The highest BCUT2D eigenvalue weighted by molar-refractivity contribution is 5.72. The molecule has 1 aromatic rings. The van der Waals surface area contributed by atoms with Gasteiger partial charge in [-0.3, -0.25) is 4.79 Å². The average molecular weight is 240 g/mol. The Kier molecular flexibility index (Phi) is 5.42. The molecule has 0 radical (unpaired) electrons. The van der Waals surface area contributed by atoms with Crippen LogP contribution in [0.5, 0.6) is 5.75 Å². The quantitative estimate of drug-likeness (QED) is 0.731. The predicted molar refractivity (Wildman–Crippen MR) is 63.3 cm³/mol. The number of amides is 1. The van der Waals surface area contributed by atoms with Crippen LogP contribution < -0.4 is 15.4 Å². The molecule has 4 nitrogen and oxygen atoms in total. The number of carbonyl (C=O) groups excluding carboxylic acids is 1. The van der Waals surface area contributed by atoms with E-state index >= 15 is 0 Å². The molecule has 5 heteroatoms. The van der Waals surface area contributed by atoms with E-state index < -0.39 is 0 Å². The van der Waals surface area contributed by atoms with Crippen molar-refractivity contribution in [3.8, 4) is 5.75 Å². The first-order valence-corrected chi connectivity index (χ1v) is 5.41. The third-order valence-corrected chi connectivity index (χ3v) is 2.22. The first-order valence-electron chi connectivity index (χ1n) is 5.41. The number of methoxy groups -OCH3 is 1. The van der Waals surface area contributed by atoms with Gasteiger partial charge in [-0.2, -0.15) is 0 Å². The molecule has 0 unspecified atom stereocenters. The third kappa shape index (κ3) is 4.82. The third-order valence-electron chi connectivity index (χ3n) is 2.22. The molecule has 1 aromatic carbocycles. The van der Waals surface area contributed by atoms with Gasteiger partial charge in [0.25, 0.3) is 0 Å². The normalized spacial score (nSPS) is 10.1. The van der Waals surface area contributed by atoms with E-state index in [4.69, 9.17) is 4.74 Å². The first-order chi connectivity index (χ1) is 8.13. The van der Waals surface area contributed by atoms with E-state index in [1.807, 2.05) is 0 Å². The fourth-order valence-electron chi connectivity index (χ4n) is 1.38. The van der Waals surface area contributed by atoms with Gasteiger partial charge in [0.05, 0.1) is 7.11 Å². The van der Waals surface area contributed by atoms with Crippen LogP contribution in [-0.4, -0.2) is 26.1 Å². The summed E-state index contributed by atoms with van der Waals surface area (Å²) in [5.41, 5.74) is 0.839. The van der Waals surface area contributed by atoms with Gasteiger partial charge in [0.15, 0.2) is 11.6 Å². The maximum atomic E-state index is 13.3. The van der Waals surface area contributed by atoms with Crippen LogP contribution in [0, 0.1) is 5.82 Å². The number of hydrogen-bond acceptors (Lipinski definition) is 3. The van der Waals surface area contributed by atoms with Crippen LogP contribution in [0.15, 0.2) is 18.2 Å². The van der Waals surface area contributed by atoms with E-state index in [0.29, 0.717) is 19.6 Å². The monoisotopic (exact) mass is 240 g/mol. The summed E-state index contributed by atoms with van der Waals surface area (Å²) in [6.07, 6.45) is 0.